The van der Waals surface area contributed by atoms with Crippen molar-refractivity contribution in [3.05, 3.63) is 0 Å². The SMILES string of the molecule is CCC1CCCCN1C(=O)CC(CN)CC(C)C. The Hall–Kier alpha value is -0.570. The molecule has 0 saturated carbocycles. The maximum absolute atomic E-state index is 12.4. The summed E-state index contributed by atoms with van der Waals surface area (Å²) < 4.78 is 0. The Morgan fingerprint density at radius 2 is 2.11 bits per heavy atom. The van der Waals surface area contributed by atoms with E-state index < -0.39 is 0 Å². The van der Waals surface area contributed by atoms with Gasteiger partial charge in [0, 0.05) is 19.0 Å². The molecule has 3 nitrogen and oxygen atoms in total. The molecule has 0 radical (unpaired) electrons. The van der Waals surface area contributed by atoms with E-state index in [9.17, 15) is 4.79 Å². The first-order valence-electron chi connectivity index (χ1n) is 7.58. The zero-order valence-electron chi connectivity index (χ0n) is 12.3. The number of nitrogens with zero attached hydrogens (tertiary/aromatic N) is 1. The third-order valence-corrected chi connectivity index (χ3v) is 4.02. The molecule has 18 heavy (non-hydrogen) atoms. The molecule has 106 valence electrons. The molecule has 1 saturated heterocycles. The van der Waals surface area contributed by atoms with Crippen LogP contribution in [0, 0.1) is 11.8 Å². The van der Waals surface area contributed by atoms with E-state index in [-0.39, 0.29) is 0 Å². The second-order valence-electron chi connectivity index (χ2n) is 6.08. The van der Waals surface area contributed by atoms with Crippen LogP contribution >= 0.6 is 0 Å². The van der Waals surface area contributed by atoms with Gasteiger partial charge in [-0.2, -0.15) is 0 Å². The van der Waals surface area contributed by atoms with Gasteiger partial charge >= 0.3 is 0 Å². The molecule has 2 N–H and O–H groups in total. The Morgan fingerprint density at radius 3 is 2.67 bits per heavy atom. The molecule has 1 amide bonds. The number of hydrogen-bond donors (Lipinski definition) is 1. The van der Waals surface area contributed by atoms with Crippen LogP contribution in [0.25, 0.3) is 0 Å². The van der Waals surface area contributed by atoms with Crippen molar-refractivity contribution in [1.29, 1.82) is 0 Å². The lowest BCUT2D eigenvalue weighted by Gasteiger charge is -2.36. The molecule has 0 aromatic rings. The zero-order valence-corrected chi connectivity index (χ0v) is 12.3. The second kappa shape index (κ2) is 7.78. The first kappa shape index (κ1) is 15.5. The summed E-state index contributed by atoms with van der Waals surface area (Å²) in [6.07, 6.45) is 6.41. The number of piperidine rings is 1. The molecular formula is C15H30N2O. The van der Waals surface area contributed by atoms with E-state index in [2.05, 4.69) is 25.7 Å². The van der Waals surface area contributed by atoms with Crippen LogP contribution in [0.4, 0.5) is 0 Å². The van der Waals surface area contributed by atoms with Crippen LogP contribution in [0.2, 0.25) is 0 Å². The smallest absolute Gasteiger partial charge is 0.223 e. The molecule has 2 unspecified atom stereocenters. The lowest BCUT2D eigenvalue weighted by molar-refractivity contribution is -0.136. The van der Waals surface area contributed by atoms with Crippen LogP contribution < -0.4 is 5.73 Å². The van der Waals surface area contributed by atoms with Crippen molar-refractivity contribution in [1.82, 2.24) is 4.90 Å². The first-order valence-corrected chi connectivity index (χ1v) is 7.58. The Kier molecular flexibility index (Phi) is 6.69. The van der Waals surface area contributed by atoms with E-state index in [1.54, 1.807) is 0 Å². The second-order valence-corrected chi connectivity index (χ2v) is 6.08. The zero-order chi connectivity index (χ0) is 13.5. The van der Waals surface area contributed by atoms with Gasteiger partial charge in [-0.25, -0.2) is 0 Å². The molecule has 1 aliphatic heterocycles. The van der Waals surface area contributed by atoms with Crippen LogP contribution in [-0.2, 0) is 4.79 Å². The number of amides is 1. The van der Waals surface area contributed by atoms with Gasteiger partial charge in [0.05, 0.1) is 0 Å². The molecule has 3 heteroatoms. The predicted molar refractivity (Wildman–Crippen MR) is 76.3 cm³/mol. The lowest BCUT2D eigenvalue weighted by atomic mass is 9.92. The summed E-state index contributed by atoms with van der Waals surface area (Å²) in [7, 11) is 0. The predicted octanol–water partition coefficient (Wildman–Crippen LogP) is 2.79. The molecule has 0 spiro atoms. The van der Waals surface area contributed by atoms with Gasteiger partial charge in [0.25, 0.3) is 0 Å². The summed E-state index contributed by atoms with van der Waals surface area (Å²) in [6.45, 7) is 8.17. The molecule has 0 bridgehead atoms. The van der Waals surface area contributed by atoms with Crippen molar-refractivity contribution in [3.8, 4) is 0 Å². The summed E-state index contributed by atoms with van der Waals surface area (Å²) in [6, 6.07) is 0.476. The number of nitrogens with two attached hydrogens (primary N) is 1. The topological polar surface area (TPSA) is 46.3 Å². The molecule has 0 aromatic carbocycles. The molecule has 1 fully saturated rings. The highest BCUT2D eigenvalue weighted by Gasteiger charge is 2.26. The van der Waals surface area contributed by atoms with Crippen LogP contribution in [0.15, 0.2) is 0 Å². The van der Waals surface area contributed by atoms with Crippen LogP contribution in [0.5, 0.6) is 0 Å². The van der Waals surface area contributed by atoms with E-state index in [0.29, 0.717) is 36.8 Å². The van der Waals surface area contributed by atoms with E-state index in [4.69, 9.17) is 5.73 Å². The molecule has 0 aliphatic carbocycles. The third kappa shape index (κ3) is 4.60. The van der Waals surface area contributed by atoms with Crippen LogP contribution in [-0.4, -0.2) is 29.9 Å². The fourth-order valence-electron chi connectivity index (χ4n) is 3.05. The van der Waals surface area contributed by atoms with E-state index >= 15 is 0 Å². The minimum absolute atomic E-state index is 0.331. The summed E-state index contributed by atoms with van der Waals surface area (Å²) in [5.74, 6) is 1.31. The van der Waals surface area contributed by atoms with Gasteiger partial charge in [0.1, 0.15) is 0 Å². The number of hydrogen-bond acceptors (Lipinski definition) is 2. The maximum atomic E-state index is 12.4. The molecular weight excluding hydrogens is 224 g/mol. The Morgan fingerprint density at radius 1 is 1.39 bits per heavy atom. The Balaban J connectivity index is 2.51. The van der Waals surface area contributed by atoms with E-state index in [0.717, 1.165) is 19.4 Å². The fraction of sp³-hybridized carbons (Fsp3) is 0.933. The van der Waals surface area contributed by atoms with E-state index in [1.807, 2.05) is 0 Å². The van der Waals surface area contributed by atoms with Crippen molar-refractivity contribution in [2.75, 3.05) is 13.1 Å². The molecule has 1 heterocycles. The van der Waals surface area contributed by atoms with Gasteiger partial charge in [-0.05, 0) is 50.5 Å². The van der Waals surface area contributed by atoms with Crippen molar-refractivity contribution in [3.63, 3.8) is 0 Å². The van der Waals surface area contributed by atoms with Crippen molar-refractivity contribution in [2.45, 2.75) is 65.3 Å². The van der Waals surface area contributed by atoms with Gasteiger partial charge in [0.2, 0.25) is 5.91 Å². The monoisotopic (exact) mass is 254 g/mol. The molecule has 2 atom stereocenters. The summed E-state index contributed by atoms with van der Waals surface area (Å²) in [5, 5.41) is 0. The number of carbonyl (C=O) groups is 1. The maximum Gasteiger partial charge on any atom is 0.223 e. The largest absolute Gasteiger partial charge is 0.340 e. The number of likely N-dealkylation sites (tertiary alicyclic amines) is 1. The minimum Gasteiger partial charge on any atom is -0.340 e. The van der Waals surface area contributed by atoms with Gasteiger partial charge in [-0.15, -0.1) is 0 Å². The number of carbonyl (C=O) groups excluding carboxylic acids is 1. The van der Waals surface area contributed by atoms with Gasteiger partial charge in [0.15, 0.2) is 0 Å². The van der Waals surface area contributed by atoms with Crippen LogP contribution in [0.3, 0.4) is 0 Å². The average Bonchev–Trinajstić information content (AvgIpc) is 2.37. The fourth-order valence-corrected chi connectivity index (χ4v) is 3.05. The minimum atomic E-state index is 0.331. The average molecular weight is 254 g/mol. The summed E-state index contributed by atoms with van der Waals surface area (Å²) >= 11 is 0. The van der Waals surface area contributed by atoms with Crippen LogP contribution in [0.1, 0.15) is 59.3 Å². The van der Waals surface area contributed by atoms with E-state index in [1.165, 1.54) is 19.3 Å². The third-order valence-electron chi connectivity index (χ3n) is 4.02. The summed E-state index contributed by atoms with van der Waals surface area (Å²) in [4.78, 5) is 14.5. The molecule has 1 aliphatic rings. The highest BCUT2D eigenvalue weighted by atomic mass is 16.2. The summed E-state index contributed by atoms with van der Waals surface area (Å²) in [5.41, 5.74) is 5.80. The van der Waals surface area contributed by atoms with Gasteiger partial charge in [-0.3, -0.25) is 4.79 Å². The highest BCUT2D eigenvalue weighted by molar-refractivity contribution is 5.77. The van der Waals surface area contributed by atoms with Gasteiger partial charge < -0.3 is 10.6 Å². The molecule has 0 aromatic heterocycles. The van der Waals surface area contributed by atoms with Gasteiger partial charge in [-0.1, -0.05) is 20.8 Å². The lowest BCUT2D eigenvalue weighted by Crippen LogP contribution is -2.44. The normalized spacial score (nSPS) is 22.3. The first-order chi connectivity index (χ1) is 8.58. The Labute approximate surface area is 112 Å². The Bertz CT molecular complexity index is 253. The molecule has 1 rings (SSSR count). The number of rotatable bonds is 6. The van der Waals surface area contributed by atoms with Crippen molar-refractivity contribution >= 4 is 5.91 Å². The van der Waals surface area contributed by atoms with Crippen molar-refractivity contribution in [2.24, 2.45) is 17.6 Å². The van der Waals surface area contributed by atoms with Crippen molar-refractivity contribution < 1.29 is 4.79 Å². The quantitative estimate of drug-likeness (QED) is 0.792. The standard InChI is InChI=1S/C15H30N2O/c1-4-14-7-5-6-8-17(14)15(18)10-13(11-16)9-12(2)3/h12-14H,4-11,16H2,1-3H3. The highest BCUT2D eigenvalue weighted by Crippen LogP contribution is 2.23.